The largest absolute Gasteiger partial charge is 0.240 e. The molecule has 156 valence electrons. The van der Waals surface area contributed by atoms with E-state index in [9.17, 15) is 0 Å². The minimum absolute atomic E-state index is 0.686. The van der Waals surface area contributed by atoms with Crippen molar-refractivity contribution in [1.29, 1.82) is 0 Å². The molecule has 5 rings (SSSR count). The van der Waals surface area contributed by atoms with Gasteiger partial charge in [0.05, 0.1) is 11.9 Å². The fourth-order valence-corrected chi connectivity index (χ4v) is 3.53. The molecule has 0 fully saturated rings. The first-order valence-electron chi connectivity index (χ1n) is 10.6. The van der Waals surface area contributed by atoms with Crippen molar-refractivity contribution in [3.63, 3.8) is 0 Å². The van der Waals surface area contributed by atoms with Crippen LogP contribution in [-0.2, 0) is 6.42 Å². The first-order chi connectivity index (χ1) is 15.8. The van der Waals surface area contributed by atoms with E-state index in [0.29, 0.717) is 5.82 Å². The van der Waals surface area contributed by atoms with E-state index in [4.69, 9.17) is 5.10 Å². The molecule has 0 saturated carbocycles. The van der Waals surface area contributed by atoms with Crippen LogP contribution in [0.3, 0.4) is 0 Å². The quantitative estimate of drug-likeness (QED) is 0.354. The lowest BCUT2D eigenvalue weighted by atomic mass is 10.1. The van der Waals surface area contributed by atoms with Crippen LogP contribution in [0.5, 0.6) is 0 Å². The lowest BCUT2D eigenvalue weighted by molar-refractivity contribution is 0.883. The Morgan fingerprint density at radius 3 is 2.28 bits per heavy atom. The molecule has 32 heavy (non-hydrogen) atoms. The van der Waals surface area contributed by atoms with Gasteiger partial charge in [-0.15, -0.1) is 10.2 Å². The van der Waals surface area contributed by atoms with Crippen LogP contribution in [0.25, 0.3) is 28.3 Å². The van der Waals surface area contributed by atoms with Crippen LogP contribution in [0.2, 0.25) is 0 Å². The number of rotatable bonds is 6. The molecule has 0 unspecified atom stereocenters. The molecular weight excluding hydrogens is 396 g/mol. The average Bonchev–Trinajstić information content (AvgIpc) is 3.51. The molecule has 5 aromatic rings. The van der Waals surface area contributed by atoms with Crippen LogP contribution in [0.4, 0.5) is 0 Å². The van der Waals surface area contributed by atoms with Crippen molar-refractivity contribution >= 4 is 6.21 Å². The zero-order chi connectivity index (χ0) is 21.8. The number of aryl methyl sites for hydroxylation is 1. The Kier molecular flexibility index (Phi) is 5.41. The monoisotopic (exact) mass is 418 g/mol. The summed E-state index contributed by atoms with van der Waals surface area (Å²) in [6.07, 6.45) is 6.42. The first-order valence-corrected chi connectivity index (χ1v) is 10.6. The Hall–Kier alpha value is -4.32. The summed E-state index contributed by atoms with van der Waals surface area (Å²) in [5.74, 6) is 0.686. The van der Waals surface area contributed by atoms with Gasteiger partial charge in [-0.3, -0.25) is 0 Å². The van der Waals surface area contributed by atoms with Gasteiger partial charge in [0, 0.05) is 22.9 Å². The van der Waals surface area contributed by atoms with Gasteiger partial charge in [-0.05, 0) is 24.1 Å². The summed E-state index contributed by atoms with van der Waals surface area (Å²) in [4.78, 5) is 0. The van der Waals surface area contributed by atoms with Gasteiger partial charge in [0.25, 0.3) is 0 Å². The van der Waals surface area contributed by atoms with Crippen molar-refractivity contribution < 1.29 is 0 Å². The van der Waals surface area contributed by atoms with E-state index in [1.54, 1.807) is 11.0 Å². The fraction of sp³-hybridized carbons (Fsp3) is 0.0769. The van der Waals surface area contributed by atoms with Crippen LogP contribution in [0.1, 0.15) is 18.1 Å². The predicted octanol–water partition coefficient (Wildman–Crippen LogP) is 5.24. The van der Waals surface area contributed by atoms with E-state index in [0.717, 1.165) is 34.5 Å². The van der Waals surface area contributed by atoms with Crippen LogP contribution in [0, 0.1) is 0 Å². The molecular formula is C26H22N6. The zero-order valence-corrected chi connectivity index (χ0v) is 17.7. The molecule has 2 heterocycles. The Labute approximate surface area is 186 Å². The average molecular weight is 419 g/mol. The van der Waals surface area contributed by atoms with Crippen molar-refractivity contribution in [2.75, 3.05) is 0 Å². The molecule has 0 atom stereocenters. The van der Waals surface area contributed by atoms with E-state index in [1.165, 1.54) is 5.56 Å². The Morgan fingerprint density at radius 1 is 0.844 bits per heavy atom. The Morgan fingerprint density at radius 2 is 1.56 bits per heavy atom. The van der Waals surface area contributed by atoms with Gasteiger partial charge in [-0.2, -0.15) is 14.9 Å². The number of benzene rings is 3. The van der Waals surface area contributed by atoms with Gasteiger partial charge in [-0.1, -0.05) is 79.7 Å². The summed E-state index contributed by atoms with van der Waals surface area (Å²) < 4.78 is 3.56. The normalized spacial score (nSPS) is 11.3. The standard InChI is InChI=1S/C26H22N6/c1-2-20-13-15-21(16-14-20)25-23(18-31(30-25)24-11-7-4-8-12-24)17-28-32-19-27-29-26(32)22-9-5-3-6-10-22/h3-19H,2H2,1H3/b28-17-. The predicted molar refractivity (Wildman–Crippen MR) is 127 cm³/mol. The maximum absolute atomic E-state index is 4.87. The molecule has 0 saturated heterocycles. The smallest absolute Gasteiger partial charge is 0.184 e. The van der Waals surface area contributed by atoms with Gasteiger partial charge >= 0.3 is 0 Å². The third kappa shape index (κ3) is 3.98. The first kappa shape index (κ1) is 19.6. The summed E-state index contributed by atoms with van der Waals surface area (Å²) in [6.45, 7) is 2.15. The second kappa shape index (κ2) is 8.81. The molecule has 0 amide bonds. The number of hydrogen-bond acceptors (Lipinski definition) is 4. The fourth-order valence-electron chi connectivity index (χ4n) is 3.53. The highest BCUT2D eigenvalue weighted by Gasteiger charge is 2.12. The highest BCUT2D eigenvalue weighted by atomic mass is 15.4. The third-order valence-corrected chi connectivity index (χ3v) is 5.28. The molecule has 0 bridgehead atoms. The Bertz CT molecular complexity index is 1330. The van der Waals surface area contributed by atoms with E-state index >= 15 is 0 Å². The minimum Gasteiger partial charge on any atom is -0.240 e. The van der Waals surface area contributed by atoms with E-state index in [2.05, 4.69) is 46.5 Å². The summed E-state index contributed by atoms with van der Waals surface area (Å²) in [5.41, 5.74) is 6.07. The zero-order valence-electron chi connectivity index (χ0n) is 17.7. The second-order valence-electron chi connectivity index (χ2n) is 7.37. The van der Waals surface area contributed by atoms with Gasteiger partial charge in [0.2, 0.25) is 0 Å². The molecule has 6 heteroatoms. The molecule has 2 aromatic heterocycles. The van der Waals surface area contributed by atoms with Gasteiger partial charge in [-0.25, -0.2) is 4.68 Å². The summed E-state index contributed by atoms with van der Waals surface area (Å²) in [5, 5.41) is 17.8. The highest BCUT2D eigenvalue weighted by Crippen LogP contribution is 2.24. The molecule has 3 aromatic carbocycles. The van der Waals surface area contributed by atoms with Crippen LogP contribution < -0.4 is 0 Å². The van der Waals surface area contributed by atoms with Crippen molar-refractivity contribution in [3.05, 3.63) is 109 Å². The van der Waals surface area contributed by atoms with E-state index in [1.807, 2.05) is 77.8 Å². The SMILES string of the molecule is CCc1ccc(-c2nn(-c3ccccc3)cc2/C=N\n2cnnc2-c2ccccc2)cc1. The van der Waals surface area contributed by atoms with E-state index in [-0.39, 0.29) is 0 Å². The van der Waals surface area contributed by atoms with Crippen molar-refractivity contribution in [1.82, 2.24) is 24.7 Å². The maximum atomic E-state index is 4.87. The molecule has 0 aliphatic carbocycles. The van der Waals surface area contributed by atoms with E-state index < -0.39 is 0 Å². The summed E-state index contributed by atoms with van der Waals surface area (Å²) >= 11 is 0. The lowest BCUT2D eigenvalue weighted by Gasteiger charge is -2.02. The van der Waals surface area contributed by atoms with Gasteiger partial charge in [0.1, 0.15) is 12.0 Å². The molecule has 6 nitrogen and oxygen atoms in total. The summed E-state index contributed by atoms with van der Waals surface area (Å²) in [6, 6.07) is 28.5. The van der Waals surface area contributed by atoms with Gasteiger partial charge < -0.3 is 0 Å². The van der Waals surface area contributed by atoms with Gasteiger partial charge in [0.15, 0.2) is 5.82 Å². The number of nitrogens with zero attached hydrogens (tertiary/aromatic N) is 6. The molecule has 0 N–H and O–H groups in total. The molecule has 0 aliphatic rings. The number of para-hydroxylation sites is 1. The second-order valence-corrected chi connectivity index (χ2v) is 7.37. The maximum Gasteiger partial charge on any atom is 0.184 e. The van der Waals surface area contributed by atoms with Crippen molar-refractivity contribution in [2.24, 2.45) is 5.10 Å². The summed E-state index contributed by atoms with van der Waals surface area (Å²) in [7, 11) is 0. The molecule has 0 spiro atoms. The molecule has 0 radical (unpaired) electrons. The third-order valence-electron chi connectivity index (χ3n) is 5.28. The molecule has 0 aliphatic heterocycles. The lowest BCUT2D eigenvalue weighted by Crippen LogP contribution is -1.94. The number of hydrogen-bond donors (Lipinski definition) is 0. The van der Waals surface area contributed by atoms with Crippen LogP contribution in [0.15, 0.2) is 103 Å². The topological polar surface area (TPSA) is 60.9 Å². The van der Waals surface area contributed by atoms with Crippen molar-refractivity contribution in [3.8, 4) is 28.3 Å². The Balaban J connectivity index is 1.56. The van der Waals surface area contributed by atoms with Crippen molar-refractivity contribution in [2.45, 2.75) is 13.3 Å². The number of aromatic nitrogens is 5. The van der Waals surface area contributed by atoms with Crippen LogP contribution in [-0.4, -0.2) is 30.9 Å². The minimum atomic E-state index is 0.686. The van der Waals surface area contributed by atoms with Crippen LogP contribution >= 0.6 is 0 Å². The highest BCUT2D eigenvalue weighted by molar-refractivity contribution is 5.88.